The minimum Gasteiger partial charge on any atom is -0.462 e. The van der Waals surface area contributed by atoms with Crippen molar-refractivity contribution in [3.8, 4) is 6.07 Å². The standard InChI is InChI=1S/C22H22N2O4/c1-5-9-27-22(26)19-14(4)24-13(3)17(11-23)20(19)16-8-6-7-15-18(25)10-12(2)28-21(15)16/h6-8,10,17,20H,5,9H2,1-4H3/t17?,20-/m1/s1. The van der Waals surface area contributed by atoms with Gasteiger partial charge in [0, 0.05) is 29.0 Å². The van der Waals surface area contributed by atoms with Gasteiger partial charge < -0.3 is 9.15 Å². The third kappa shape index (κ3) is 3.36. The highest BCUT2D eigenvalue weighted by Crippen LogP contribution is 2.41. The number of carbonyl (C=O) groups excluding carboxylic acids is 1. The SMILES string of the molecule is CCCOC(=O)C1=C(C)N=C(C)C(C#N)[C@H]1c1cccc2c(=O)cc(C)oc12. The van der Waals surface area contributed by atoms with Gasteiger partial charge in [-0.25, -0.2) is 4.79 Å². The maximum absolute atomic E-state index is 12.8. The van der Waals surface area contributed by atoms with Crippen molar-refractivity contribution in [1.29, 1.82) is 5.26 Å². The summed E-state index contributed by atoms with van der Waals surface area (Å²) in [6, 6.07) is 8.91. The van der Waals surface area contributed by atoms with E-state index in [2.05, 4.69) is 11.1 Å². The molecule has 1 aliphatic heterocycles. The molecule has 1 unspecified atom stereocenters. The molecule has 28 heavy (non-hydrogen) atoms. The van der Waals surface area contributed by atoms with E-state index in [0.29, 0.717) is 45.7 Å². The molecule has 0 bridgehead atoms. The first-order valence-electron chi connectivity index (χ1n) is 9.25. The smallest absolute Gasteiger partial charge is 0.336 e. The summed E-state index contributed by atoms with van der Waals surface area (Å²) in [4.78, 5) is 29.7. The molecule has 0 fully saturated rings. The highest BCUT2D eigenvalue weighted by Gasteiger charge is 2.39. The second-order valence-corrected chi connectivity index (χ2v) is 6.92. The summed E-state index contributed by atoms with van der Waals surface area (Å²) in [5.74, 6) is -1.31. The van der Waals surface area contributed by atoms with Gasteiger partial charge in [0.25, 0.3) is 0 Å². The van der Waals surface area contributed by atoms with Crippen molar-refractivity contribution in [2.75, 3.05) is 6.61 Å². The fourth-order valence-electron chi connectivity index (χ4n) is 3.64. The number of para-hydroxylation sites is 1. The van der Waals surface area contributed by atoms with Crippen LogP contribution in [0.2, 0.25) is 0 Å². The van der Waals surface area contributed by atoms with Gasteiger partial charge in [0.1, 0.15) is 11.3 Å². The summed E-state index contributed by atoms with van der Waals surface area (Å²) in [5.41, 5.74) is 2.31. The Hall–Kier alpha value is -3.20. The summed E-state index contributed by atoms with van der Waals surface area (Å²) >= 11 is 0. The van der Waals surface area contributed by atoms with Crippen LogP contribution in [-0.4, -0.2) is 18.3 Å². The quantitative estimate of drug-likeness (QED) is 0.749. The molecule has 0 saturated carbocycles. The largest absolute Gasteiger partial charge is 0.462 e. The Labute approximate surface area is 163 Å². The lowest BCUT2D eigenvalue weighted by molar-refractivity contribution is -0.139. The third-order valence-electron chi connectivity index (χ3n) is 4.87. The first-order valence-corrected chi connectivity index (χ1v) is 9.25. The van der Waals surface area contributed by atoms with Crippen LogP contribution in [0.3, 0.4) is 0 Å². The first kappa shape index (κ1) is 19.6. The Bertz CT molecular complexity index is 1100. The maximum atomic E-state index is 12.8. The lowest BCUT2D eigenvalue weighted by Gasteiger charge is -2.29. The van der Waals surface area contributed by atoms with Crippen LogP contribution in [0.1, 0.15) is 44.4 Å². The highest BCUT2D eigenvalue weighted by atomic mass is 16.5. The molecule has 0 amide bonds. The predicted octanol–water partition coefficient (Wildman–Crippen LogP) is 4.03. The molecule has 144 valence electrons. The lowest BCUT2D eigenvalue weighted by atomic mass is 9.76. The van der Waals surface area contributed by atoms with Gasteiger partial charge in [0.15, 0.2) is 5.43 Å². The van der Waals surface area contributed by atoms with Crippen LogP contribution in [0, 0.1) is 24.2 Å². The number of carbonyl (C=O) groups is 1. The van der Waals surface area contributed by atoms with Crippen LogP contribution in [-0.2, 0) is 9.53 Å². The number of rotatable bonds is 4. The number of ether oxygens (including phenoxy) is 1. The zero-order valence-electron chi connectivity index (χ0n) is 16.4. The number of nitrogens with zero attached hydrogens (tertiary/aromatic N) is 2. The molecular weight excluding hydrogens is 356 g/mol. The highest BCUT2D eigenvalue weighted by molar-refractivity contribution is 5.99. The van der Waals surface area contributed by atoms with Gasteiger partial charge in [-0.3, -0.25) is 9.79 Å². The number of allylic oxidation sites excluding steroid dienone is 1. The Morgan fingerprint density at radius 1 is 1.32 bits per heavy atom. The van der Waals surface area contributed by atoms with E-state index >= 15 is 0 Å². The molecule has 6 nitrogen and oxygen atoms in total. The normalized spacial score (nSPS) is 19.3. The van der Waals surface area contributed by atoms with Crippen molar-refractivity contribution in [3.63, 3.8) is 0 Å². The molecule has 1 aliphatic rings. The van der Waals surface area contributed by atoms with E-state index in [1.54, 1.807) is 39.0 Å². The second-order valence-electron chi connectivity index (χ2n) is 6.92. The first-order chi connectivity index (χ1) is 13.4. The number of nitriles is 1. The fraction of sp³-hybridized carbons (Fsp3) is 0.364. The van der Waals surface area contributed by atoms with Crippen molar-refractivity contribution >= 4 is 22.7 Å². The van der Waals surface area contributed by atoms with Gasteiger partial charge >= 0.3 is 5.97 Å². The van der Waals surface area contributed by atoms with Crippen LogP contribution >= 0.6 is 0 Å². The van der Waals surface area contributed by atoms with Crippen LogP contribution in [0.15, 0.2) is 49.7 Å². The second kappa shape index (κ2) is 7.81. The molecule has 0 saturated heterocycles. The van der Waals surface area contributed by atoms with Gasteiger partial charge in [-0.1, -0.05) is 19.1 Å². The average molecular weight is 378 g/mol. The van der Waals surface area contributed by atoms with E-state index in [4.69, 9.17) is 9.15 Å². The minimum atomic E-state index is -0.663. The molecular formula is C22H22N2O4. The molecule has 0 spiro atoms. The molecule has 1 aromatic carbocycles. The van der Waals surface area contributed by atoms with Crippen LogP contribution in [0.25, 0.3) is 11.0 Å². The number of fused-ring (bicyclic) bond motifs is 1. The molecule has 1 aromatic heterocycles. The van der Waals surface area contributed by atoms with E-state index in [0.717, 1.165) is 0 Å². The Kier molecular flexibility index (Phi) is 5.46. The van der Waals surface area contributed by atoms with Crippen molar-refractivity contribution < 1.29 is 13.9 Å². The molecule has 3 rings (SSSR count). The van der Waals surface area contributed by atoms with E-state index in [1.807, 2.05) is 6.92 Å². The van der Waals surface area contributed by atoms with Crippen molar-refractivity contribution in [2.24, 2.45) is 10.9 Å². The number of benzene rings is 1. The van der Waals surface area contributed by atoms with Crippen LogP contribution in [0.4, 0.5) is 0 Å². The van der Waals surface area contributed by atoms with E-state index in [9.17, 15) is 14.9 Å². The average Bonchev–Trinajstić information content (AvgIpc) is 2.65. The number of hydrogen-bond donors (Lipinski definition) is 0. The van der Waals surface area contributed by atoms with Crippen molar-refractivity contribution in [3.05, 3.63) is 57.1 Å². The monoisotopic (exact) mass is 378 g/mol. The third-order valence-corrected chi connectivity index (χ3v) is 4.87. The number of hydrogen-bond acceptors (Lipinski definition) is 6. The molecule has 2 atom stereocenters. The predicted molar refractivity (Wildman–Crippen MR) is 106 cm³/mol. The Balaban J connectivity index is 2.29. The zero-order chi connectivity index (χ0) is 20.4. The van der Waals surface area contributed by atoms with E-state index in [-0.39, 0.29) is 12.0 Å². The van der Waals surface area contributed by atoms with Crippen LogP contribution in [0.5, 0.6) is 0 Å². The lowest BCUT2D eigenvalue weighted by Crippen LogP contribution is -2.30. The zero-order valence-corrected chi connectivity index (χ0v) is 16.4. The Morgan fingerprint density at radius 3 is 2.75 bits per heavy atom. The number of aliphatic imine (C=N–C) groups is 1. The molecule has 0 N–H and O–H groups in total. The van der Waals surface area contributed by atoms with Gasteiger partial charge in [0.05, 0.1) is 29.6 Å². The molecule has 2 heterocycles. The van der Waals surface area contributed by atoms with E-state index in [1.165, 1.54) is 6.07 Å². The number of esters is 1. The van der Waals surface area contributed by atoms with Crippen LogP contribution < -0.4 is 5.43 Å². The fourth-order valence-corrected chi connectivity index (χ4v) is 3.64. The van der Waals surface area contributed by atoms with Crippen molar-refractivity contribution in [2.45, 2.75) is 40.0 Å². The molecule has 6 heteroatoms. The van der Waals surface area contributed by atoms with Gasteiger partial charge in [-0.15, -0.1) is 0 Å². The van der Waals surface area contributed by atoms with E-state index < -0.39 is 17.8 Å². The summed E-state index contributed by atoms with van der Waals surface area (Å²) in [7, 11) is 0. The van der Waals surface area contributed by atoms with Gasteiger partial charge in [-0.05, 0) is 33.3 Å². The Morgan fingerprint density at radius 2 is 2.07 bits per heavy atom. The summed E-state index contributed by atoms with van der Waals surface area (Å²) in [6.45, 7) is 7.40. The number of aryl methyl sites for hydroxylation is 1. The molecule has 2 aromatic rings. The van der Waals surface area contributed by atoms with Gasteiger partial charge in [-0.2, -0.15) is 5.26 Å². The maximum Gasteiger partial charge on any atom is 0.336 e. The van der Waals surface area contributed by atoms with Crippen molar-refractivity contribution in [1.82, 2.24) is 0 Å². The topological polar surface area (TPSA) is 92.7 Å². The molecule has 0 aliphatic carbocycles. The summed E-state index contributed by atoms with van der Waals surface area (Å²) in [5, 5.41) is 10.3. The minimum absolute atomic E-state index is 0.161. The summed E-state index contributed by atoms with van der Waals surface area (Å²) < 4.78 is 11.2. The summed E-state index contributed by atoms with van der Waals surface area (Å²) in [6.07, 6.45) is 0.690. The van der Waals surface area contributed by atoms with Gasteiger partial charge in [0.2, 0.25) is 0 Å². The molecule has 0 radical (unpaired) electrons.